The van der Waals surface area contributed by atoms with Crippen LogP contribution in [-0.4, -0.2) is 61.1 Å². The fourth-order valence-corrected chi connectivity index (χ4v) is 3.52. The average Bonchev–Trinajstić information content (AvgIpc) is 2.75. The predicted molar refractivity (Wildman–Crippen MR) is 71.5 cm³/mol. The molecule has 2 aliphatic rings. The maximum Gasteiger partial charge on any atom is 0.307 e. The van der Waals surface area contributed by atoms with Crippen LogP contribution < -0.4 is 0 Å². The maximum atomic E-state index is 11.9. The molecule has 2 heterocycles. The molecule has 0 aliphatic carbocycles. The predicted octanol–water partition coefficient (Wildman–Crippen LogP) is 1.50. The van der Waals surface area contributed by atoms with Gasteiger partial charge in [0.25, 0.3) is 0 Å². The van der Waals surface area contributed by atoms with Crippen LogP contribution in [0.5, 0.6) is 0 Å². The first kappa shape index (κ1) is 13.8. The highest BCUT2D eigenvalue weighted by molar-refractivity contribution is 5.71. The van der Waals surface area contributed by atoms with Gasteiger partial charge in [-0.1, -0.05) is 0 Å². The van der Waals surface area contributed by atoms with Crippen LogP contribution in [0.1, 0.15) is 39.0 Å². The zero-order valence-corrected chi connectivity index (χ0v) is 11.9. The van der Waals surface area contributed by atoms with Gasteiger partial charge < -0.3 is 14.5 Å². The van der Waals surface area contributed by atoms with Crippen molar-refractivity contribution < 1.29 is 9.53 Å². The van der Waals surface area contributed by atoms with Gasteiger partial charge in [0.2, 0.25) is 0 Å². The lowest BCUT2D eigenvalue weighted by atomic mass is 9.79. The lowest BCUT2D eigenvalue weighted by Crippen LogP contribution is -2.56. The van der Waals surface area contributed by atoms with Crippen molar-refractivity contribution >= 4 is 5.97 Å². The molecule has 0 spiro atoms. The van der Waals surface area contributed by atoms with E-state index in [-0.39, 0.29) is 11.5 Å². The van der Waals surface area contributed by atoms with Gasteiger partial charge in [0.1, 0.15) is 0 Å². The topological polar surface area (TPSA) is 32.8 Å². The first-order valence-electron chi connectivity index (χ1n) is 7.14. The van der Waals surface area contributed by atoms with E-state index in [1.165, 1.54) is 19.4 Å². The third-order valence-electron chi connectivity index (χ3n) is 4.71. The van der Waals surface area contributed by atoms with Gasteiger partial charge in [-0.3, -0.25) is 4.79 Å². The molecule has 0 saturated carbocycles. The Bertz CT molecular complexity index is 306. The number of carbonyl (C=O) groups excluding carboxylic acids is 1. The summed E-state index contributed by atoms with van der Waals surface area (Å²) in [5, 5.41) is 0. The molecule has 0 N–H and O–H groups in total. The van der Waals surface area contributed by atoms with Crippen molar-refractivity contribution in [2.24, 2.45) is 0 Å². The van der Waals surface area contributed by atoms with Gasteiger partial charge in [-0.05, 0) is 53.2 Å². The summed E-state index contributed by atoms with van der Waals surface area (Å²) in [6, 6.07) is 0.676. The molecule has 0 aromatic carbocycles. The molecule has 0 aromatic heterocycles. The smallest absolute Gasteiger partial charge is 0.307 e. The number of hydrogen-bond acceptors (Lipinski definition) is 4. The molecule has 104 valence electrons. The van der Waals surface area contributed by atoms with Gasteiger partial charge in [-0.25, -0.2) is 0 Å². The van der Waals surface area contributed by atoms with Crippen molar-refractivity contribution in [2.45, 2.75) is 50.6 Å². The largest absolute Gasteiger partial charge is 0.466 e. The summed E-state index contributed by atoms with van der Waals surface area (Å²) in [6.07, 6.45) is 5.33. The molecular weight excluding hydrogens is 228 g/mol. The third-order valence-corrected chi connectivity index (χ3v) is 4.71. The Labute approximate surface area is 110 Å². The third kappa shape index (κ3) is 2.69. The molecule has 0 radical (unpaired) electrons. The van der Waals surface area contributed by atoms with Crippen molar-refractivity contribution in [3.8, 4) is 0 Å². The fraction of sp³-hybridized carbons (Fsp3) is 0.929. The Morgan fingerprint density at radius 1 is 1.44 bits per heavy atom. The van der Waals surface area contributed by atoms with Crippen LogP contribution in [0.2, 0.25) is 0 Å². The Balaban J connectivity index is 2.05. The lowest BCUT2D eigenvalue weighted by molar-refractivity contribution is -0.147. The van der Waals surface area contributed by atoms with E-state index < -0.39 is 0 Å². The lowest BCUT2D eigenvalue weighted by Gasteiger charge is -2.47. The van der Waals surface area contributed by atoms with E-state index in [1.807, 2.05) is 6.92 Å². The monoisotopic (exact) mass is 254 g/mol. The zero-order chi connectivity index (χ0) is 13.2. The molecular formula is C14H26N2O2. The quantitative estimate of drug-likeness (QED) is 0.712. The number of piperidine rings is 1. The van der Waals surface area contributed by atoms with Gasteiger partial charge >= 0.3 is 5.97 Å². The minimum Gasteiger partial charge on any atom is -0.466 e. The van der Waals surface area contributed by atoms with Crippen LogP contribution in [0.4, 0.5) is 0 Å². The molecule has 2 aliphatic heterocycles. The molecule has 0 bridgehead atoms. The molecule has 18 heavy (non-hydrogen) atoms. The summed E-state index contributed by atoms with van der Waals surface area (Å²) in [5.74, 6) is -0.0438. The summed E-state index contributed by atoms with van der Waals surface area (Å²) >= 11 is 0. The van der Waals surface area contributed by atoms with Gasteiger partial charge in [0, 0.05) is 18.1 Å². The molecule has 2 atom stereocenters. The Morgan fingerprint density at radius 3 is 2.89 bits per heavy atom. The number of nitrogens with zero attached hydrogens (tertiary/aromatic N) is 2. The summed E-state index contributed by atoms with van der Waals surface area (Å²) in [6.45, 7) is 4.73. The first-order chi connectivity index (χ1) is 8.57. The molecule has 0 aromatic rings. The maximum absolute atomic E-state index is 11.9. The minimum atomic E-state index is -0.0438. The van der Waals surface area contributed by atoms with Gasteiger partial charge in [-0.2, -0.15) is 0 Å². The normalized spacial score (nSPS) is 32.6. The molecule has 4 nitrogen and oxygen atoms in total. The summed E-state index contributed by atoms with van der Waals surface area (Å²) in [7, 11) is 4.20. The second-order valence-electron chi connectivity index (χ2n) is 5.89. The SMILES string of the molecule is CCOC(=O)CC1(N(C)C)CCN2CCCC2C1. The van der Waals surface area contributed by atoms with Crippen LogP contribution in [0.15, 0.2) is 0 Å². The standard InChI is InChI=1S/C14H26N2O2/c1-4-18-13(17)11-14(15(2)3)7-9-16-8-5-6-12(16)10-14/h12H,4-11H2,1-3H3. The van der Waals surface area contributed by atoms with Crippen molar-refractivity contribution in [1.29, 1.82) is 0 Å². The van der Waals surface area contributed by atoms with Crippen molar-refractivity contribution in [3.63, 3.8) is 0 Å². The highest BCUT2D eigenvalue weighted by Gasteiger charge is 2.44. The van der Waals surface area contributed by atoms with Gasteiger partial charge in [0.15, 0.2) is 0 Å². The highest BCUT2D eigenvalue weighted by Crippen LogP contribution is 2.38. The van der Waals surface area contributed by atoms with Crippen molar-refractivity contribution in [1.82, 2.24) is 9.80 Å². The molecule has 2 saturated heterocycles. The van der Waals surface area contributed by atoms with E-state index in [9.17, 15) is 4.79 Å². The van der Waals surface area contributed by atoms with E-state index in [4.69, 9.17) is 4.74 Å². The van der Waals surface area contributed by atoms with E-state index in [2.05, 4.69) is 23.9 Å². The number of fused-ring (bicyclic) bond motifs is 1. The van der Waals surface area contributed by atoms with Crippen molar-refractivity contribution in [2.75, 3.05) is 33.8 Å². The average molecular weight is 254 g/mol. The number of hydrogen-bond donors (Lipinski definition) is 0. The Hall–Kier alpha value is -0.610. The number of esters is 1. The Morgan fingerprint density at radius 2 is 2.22 bits per heavy atom. The van der Waals surface area contributed by atoms with Crippen molar-refractivity contribution in [3.05, 3.63) is 0 Å². The molecule has 2 fully saturated rings. The zero-order valence-electron chi connectivity index (χ0n) is 11.9. The first-order valence-corrected chi connectivity index (χ1v) is 7.14. The summed E-state index contributed by atoms with van der Waals surface area (Å²) in [4.78, 5) is 16.7. The number of rotatable bonds is 4. The number of ether oxygens (including phenoxy) is 1. The van der Waals surface area contributed by atoms with Gasteiger partial charge in [0.05, 0.1) is 13.0 Å². The van der Waals surface area contributed by atoms with Crippen LogP contribution in [-0.2, 0) is 9.53 Å². The molecule has 2 unspecified atom stereocenters. The summed E-state index contributed by atoms with van der Waals surface area (Å²) in [5.41, 5.74) is 0.0117. The molecule has 0 amide bonds. The Kier molecular flexibility index (Phi) is 4.28. The number of carbonyl (C=O) groups is 1. The van der Waals surface area contributed by atoms with Gasteiger partial charge in [-0.15, -0.1) is 0 Å². The minimum absolute atomic E-state index is 0.0117. The van der Waals surface area contributed by atoms with E-state index in [1.54, 1.807) is 0 Å². The second-order valence-corrected chi connectivity index (χ2v) is 5.89. The van der Waals surface area contributed by atoms with E-state index >= 15 is 0 Å². The van der Waals surface area contributed by atoms with Crippen LogP contribution in [0.3, 0.4) is 0 Å². The molecule has 2 rings (SSSR count). The van der Waals surface area contributed by atoms with E-state index in [0.29, 0.717) is 19.1 Å². The van der Waals surface area contributed by atoms with E-state index in [0.717, 1.165) is 19.4 Å². The summed E-state index contributed by atoms with van der Waals surface area (Å²) < 4.78 is 5.15. The van der Waals surface area contributed by atoms with Crippen LogP contribution in [0, 0.1) is 0 Å². The van der Waals surface area contributed by atoms with Crippen LogP contribution in [0.25, 0.3) is 0 Å². The highest BCUT2D eigenvalue weighted by atomic mass is 16.5. The van der Waals surface area contributed by atoms with Crippen LogP contribution >= 0.6 is 0 Å². The molecule has 4 heteroatoms. The fourth-order valence-electron chi connectivity index (χ4n) is 3.52. The second kappa shape index (κ2) is 5.57.